The van der Waals surface area contributed by atoms with Crippen LogP contribution in [0.3, 0.4) is 0 Å². The molecule has 0 spiro atoms. The number of hydrogen-bond donors (Lipinski definition) is 1. The summed E-state index contributed by atoms with van der Waals surface area (Å²) in [7, 11) is 3.11. The second-order valence-corrected chi connectivity index (χ2v) is 6.24. The number of aryl methyl sites for hydroxylation is 1. The Morgan fingerprint density at radius 2 is 1.93 bits per heavy atom. The predicted octanol–water partition coefficient (Wildman–Crippen LogP) is 4.59. The van der Waals surface area contributed by atoms with Crippen molar-refractivity contribution in [3.63, 3.8) is 0 Å². The molecule has 0 amide bonds. The minimum atomic E-state index is 0.0634. The Morgan fingerprint density at radius 1 is 1.15 bits per heavy atom. The van der Waals surface area contributed by atoms with Crippen LogP contribution < -0.4 is 18.9 Å². The molecule has 1 aliphatic rings. The summed E-state index contributed by atoms with van der Waals surface area (Å²) in [4.78, 5) is 0. The average Bonchev–Trinajstić information content (AvgIpc) is 3.27. The molecule has 4 rings (SSSR count). The highest BCUT2D eigenvalue weighted by atomic mass is 16.7. The zero-order chi connectivity index (χ0) is 19.1. The summed E-state index contributed by atoms with van der Waals surface area (Å²) in [5.41, 5.74) is 2.97. The lowest BCUT2D eigenvalue weighted by molar-refractivity contribution is 0.171. The van der Waals surface area contributed by atoms with E-state index in [4.69, 9.17) is 23.4 Å². The molecule has 3 aromatic rings. The van der Waals surface area contributed by atoms with Gasteiger partial charge in [0.05, 0.1) is 14.2 Å². The van der Waals surface area contributed by atoms with Gasteiger partial charge >= 0.3 is 0 Å². The highest BCUT2D eigenvalue weighted by Crippen LogP contribution is 2.47. The van der Waals surface area contributed by atoms with Crippen LogP contribution in [0, 0.1) is 6.92 Å². The first-order valence-corrected chi connectivity index (χ1v) is 8.49. The second kappa shape index (κ2) is 6.46. The normalized spacial score (nSPS) is 12.4. The quantitative estimate of drug-likeness (QED) is 0.664. The third-order valence-corrected chi connectivity index (χ3v) is 4.75. The van der Waals surface area contributed by atoms with Crippen LogP contribution in [0.5, 0.6) is 28.7 Å². The first-order chi connectivity index (χ1) is 13.1. The Kier molecular flexibility index (Phi) is 4.11. The molecule has 140 valence electrons. The highest BCUT2D eigenvalue weighted by molar-refractivity contribution is 5.93. The Hall–Kier alpha value is -3.28. The van der Waals surface area contributed by atoms with Gasteiger partial charge in [0.1, 0.15) is 11.3 Å². The molecule has 2 aromatic carbocycles. The number of hydrogen-bond acceptors (Lipinski definition) is 6. The number of allylic oxidation sites excluding steroid dienone is 1. The van der Waals surface area contributed by atoms with Gasteiger partial charge in [-0.15, -0.1) is 6.58 Å². The van der Waals surface area contributed by atoms with Crippen LogP contribution in [0.25, 0.3) is 22.3 Å². The molecular weight excluding hydrogens is 348 g/mol. The molecule has 0 radical (unpaired) electrons. The molecular formula is C21H20O6. The van der Waals surface area contributed by atoms with Crippen molar-refractivity contribution in [1.29, 1.82) is 0 Å². The van der Waals surface area contributed by atoms with Crippen LogP contribution in [0.2, 0.25) is 0 Å². The number of fused-ring (bicyclic) bond motifs is 2. The van der Waals surface area contributed by atoms with Crippen LogP contribution in [-0.4, -0.2) is 26.1 Å². The van der Waals surface area contributed by atoms with Crippen LogP contribution >= 0.6 is 0 Å². The van der Waals surface area contributed by atoms with E-state index >= 15 is 0 Å². The van der Waals surface area contributed by atoms with Crippen LogP contribution in [0.1, 0.15) is 11.1 Å². The summed E-state index contributed by atoms with van der Waals surface area (Å²) in [5.74, 6) is 2.90. The summed E-state index contributed by atoms with van der Waals surface area (Å²) in [6.07, 6.45) is 2.17. The van der Waals surface area contributed by atoms with Gasteiger partial charge in [0.2, 0.25) is 12.5 Å². The van der Waals surface area contributed by atoms with E-state index in [1.54, 1.807) is 19.3 Å². The third kappa shape index (κ3) is 2.56. The third-order valence-electron chi connectivity index (χ3n) is 4.75. The number of benzene rings is 2. The zero-order valence-electron chi connectivity index (χ0n) is 15.4. The lowest BCUT2D eigenvalue weighted by Gasteiger charge is -2.08. The molecule has 1 aromatic heterocycles. The van der Waals surface area contributed by atoms with Gasteiger partial charge in [0.25, 0.3) is 0 Å². The van der Waals surface area contributed by atoms with E-state index < -0.39 is 0 Å². The Balaban J connectivity index is 1.97. The molecule has 0 bridgehead atoms. The fraction of sp³-hybridized carbons (Fsp3) is 0.238. The van der Waals surface area contributed by atoms with Gasteiger partial charge in [-0.1, -0.05) is 6.08 Å². The van der Waals surface area contributed by atoms with Gasteiger partial charge in [-0.3, -0.25) is 0 Å². The number of aromatic hydroxyl groups is 1. The van der Waals surface area contributed by atoms with Gasteiger partial charge in [-0.05, 0) is 31.5 Å². The average molecular weight is 368 g/mol. The molecule has 0 saturated carbocycles. The molecule has 6 nitrogen and oxygen atoms in total. The van der Waals surface area contributed by atoms with E-state index in [0.29, 0.717) is 46.3 Å². The molecule has 2 heterocycles. The van der Waals surface area contributed by atoms with Crippen molar-refractivity contribution in [1.82, 2.24) is 0 Å². The molecule has 0 fully saturated rings. The molecule has 27 heavy (non-hydrogen) atoms. The molecule has 1 N–H and O–H groups in total. The van der Waals surface area contributed by atoms with E-state index in [-0.39, 0.29) is 12.5 Å². The van der Waals surface area contributed by atoms with Crippen molar-refractivity contribution < 1.29 is 28.5 Å². The smallest absolute Gasteiger partial charge is 0.231 e. The fourth-order valence-electron chi connectivity index (χ4n) is 3.41. The monoisotopic (exact) mass is 368 g/mol. The molecule has 6 heteroatoms. The van der Waals surface area contributed by atoms with Crippen molar-refractivity contribution in [2.24, 2.45) is 0 Å². The number of rotatable bonds is 5. The minimum Gasteiger partial charge on any atom is -0.504 e. The summed E-state index contributed by atoms with van der Waals surface area (Å²) < 4.78 is 27.9. The molecule has 0 aliphatic carbocycles. The van der Waals surface area contributed by atoms with E-state index in [2.05, 4.69) is 6.58 Å². The predicted molar refractivity (Wildman–Crippen MR) is 101 cm³/mol. The number of furan rings is 1. The van der Waals surface area contributed by atoms with Crippen molar-refractivity contribution >= 4 is 11.0 Å². The highest BCUT2D eigenvalue weighted by Gasteiger charge is 2.25. The fourth-order valence-corrected chi connectivity index (χ4v) is 3.41. The zero-order valence-corrected chi connectivity index (χ0v) is 15.4. The number of phenolic OH excluding ortho intramolecular Hbond substituents is 1. The van der Waals surface area contributed by atoms with Crippen molar-refractivity contribution in [3.05, 3.63) is 42.0 Å². The maximum absolute atomic E-state index is 10.5. The molecule has 0 unspecified atom stereocenters. The van der Waals surface area contributed by atoms with Crippen LogP contribution in [0.15, 0.2) is 35.3 Å². The summed E-state index contributed by atoms with van der Waals surface area (Å²) in [6.45, 7) is 5.89. The van der Waals surface area contributed by atoms with E-state index in [1.807, 2.05) is 19.1 Å². The Bertz CT molecular complexity index is 1050. The lowest BCUT2D eigenvalue weighted by atomic mass is 10.0. The van der Waals surface area contributed by atoms with Crippen LogP contribution in [-0.2, 0) is 6.42 Å². The largest absolute Gasteiger partial charge is 0.504 e. The van der Waals surface area contributed by atoms with Gasteiger partial charge in [-0.2, -0.15) is 0 Å². The maximum Gasteiger partial charge on any atom is 0.231 e. The van der Waals surface area contributed by atoms with Crippen molar-refractivity contribution in [2.45, 2.75) is 13.3 Å². The number of methoxy groups -OCH3 is 2. The van der Waals surface area contributed by atoms with Gasteiger partial charge in [0.15, 0.2) is 23.0 Å². The molecule has 0 atom stereocenters. The van der Waals surface area contributed by atoms with E-state index in [0.717, 1.165) is 16.5 Å². The Morgan fingerprint density at radius 3 is 2.63 bits per heavy atom. The maximum atomic E-state index is 10.5. The number of ether oxygens (including phenoxy) is 4. The van der Waals surface area contributed by atoms with Crippen molar-refractivity contribution in [3.8, 4) is 40.1 Å². The molecule has 0 saturated heterocycles. The van der Waals surface area contributed by atoms with Crippen LogP contribution in [0.4, 0.5) is 0 Å². The first kappa shape index (κ1) is 17.1. The summed E-state index contributed by atoms with van der Waals surface area (Å²) in [6, 6.07) is 5.49. The SMILES string of the molecule is C=CCc1c(O)c(OC)cc2c(C)c(-c3cc(OC)c4c(c3)OCO4)oc12. The van der Waals surface area contributed by atoms with E-state index in [1.165, 1.54) is 7.11 Å². The van der Waals surface area contributed by atoms with Crippen molar-refractivity contribution in [2.75, 3.05) is 21.0 Å². The molecule has 1 aliphatic heterocycles. The lowest BCUT2D eigenvalue weighted by Crippen LogP contribution is -1.93. The standard InChI is InChI=1S/C21H20O6/c1-5-6-13-18(22)15(23-3)9-14-11(2)19(27-20(13)14)12-7-16(24-4)21-17(8-12)25-10-26-21/h5,7-9,22H,1,6,10H2,2-4H3. The second-order valence-electron chi connectivity index (χ2n) is 6.24. The topological polar surface area (TPSA) is 70.3 Å². The summed E-state index contributed by atoms with van der Waals surface area (Å²) >= 11 is 0. The minimum absolute atomic E-state index is 0.0634. The summed E-state index contributed by atoms with van der Waals surface area (Å²) in [5, 5.41) is 11.4. The van der Waals surface area contributed by atoms with Gasteiger partial charge in [-0.25, -0.2) is 0 Å². The van der Waals surface area contributed by atoms with E-state index in [9.17, 15) is 5.11 Å². The van der Waals surface area contributed by atoms with Gasteiger partial charge < -0.3 is 28.5 Å². The van der Waals surface area contributed by atoms with Gasteiger partial charge in [0, 0.05) is 22.1 Å². The first-order valence-electron chi connectivity index (χ1n) is 8.49. The number of phenols is 1. The Labute approximate surface area is 156 Å².